The van der Waals surface area contributed by atoms with Gasteiger partial charge >= 0.3 is 19.8 Å². The van der Waals surface area contributed by atoms with Gasteiger partial charge in [0.15, 0.2) is 6.10 Å². The Hall–Kier alpha value is -3.33. The van der Waals surface area contributed by atoms with Crippen LogP contribution >= 0.6 is 7.82 Å². The molecular weight excluding hydrogens is 906 g/mol. The van der Waals surface area contributed by atoms with Crippen molar-refractivity contribution in [2.75, 3.05) is 26.4 Å². The summed E-state index contributed by atoms with van der Waals surface area (Å²) in [6.45, 7) is 3.61. The van der Waals surface area contributed by atoms with Crippen LogP contribution in [0.15, 0.2) is 109 Å². The Morgan fingerprint density at radius 3 is 1.15 bits per heavy atom. The second kappa shape index (κ2) is 56.0. The highest BCUT2D eigenvalue weighted by Gasteiger charge is 2.26. The van der Waals surface area contributed by atoms with Gasteiger partial charge in [0.2, 0.25) is 0 Å². The molecule has 71 heavy (non-hydrogen) atoms. The first-order valence-corrected chi connectivity index (χ1v) is 29.9. The smallest absolute Gasteiger partial charge is 0.462 e. The molecule has 0 saturated carbocycles. The van der Waals surface area contributed by atoms with E-state index < -0.39 is 26.5 Å². The third kappa shape index (κ3) is 55.8. The largest absolute Gasteiger partial charge is 0.472 e. The zero-order valence-corrected chi connectivity index (χ0v) is 46.1. The molecule has 0 aromatic heterocycles. The number of hydrogen-bond donors (Lipinski definition) is 2. The Bertz CT molecular complexity index is 1530. The van der Waals surface area contributed by atoms with Gasteiger partial charge in [0.05, 0.1) is 13.2 Å². The summed E-state index contributed by atoms with van der Waals surface area (Å²) >= 11 is 0. The van der Waals surface area contributed by atoms with Crippen LogP contribution in [-0.4, -0.2) is 49.3 Å². The van der Waals surface area contributed by atoms with Gasteiger partial charge in [-0.1, -0.05) is 245 Å². The maximum Gasteiger partial charge on any atom is 0.472 e. The van der Waals surface area contributed by atoms with Gasteiger partial charge in [-0.2, -0.15) is 0 Å². The average Bonchev–Trinajstić information content (AvgIpc) is 3.36. The molecule has 0 saturated heterocycles. The number of unbranched alkanes of at least 4 members (excludes halogenated alkanes) is 21. The molecule has 2 atom stereocenters. The molecule has 406 valence electrons. The number of rotatable bonds is 52. The fourth-order valence-electron chi connectivity index (χ4n) is 7.51. The molecule has 0 aliphatic heterocycles. The number of hydrogen-bond acceptors (Lipinski definition) is 8. The summed E-state index contributed by atoms with van der Waals surface area (Å²) in [4.78, 5) is 35.0. The molecule has 0 radical (unpaired) electrons. The highest BCUT2D eigenvalue weighted by atomic mass is 31.2. The Morgan fingerprint density at radius 1 is 0.437 bits per heavy atom. The maximum absolute atomic E-state index is 12.7. The first-order chi connectivity index (χ1) is 34.8. The van der Waals surface area contributed by atoms with E-state index in [1.807, 2.05) is 0 Å². The van der Waals surface area contributed by atoms with Crippen molar-refractivity contribution >= 4 is 19.8 Å². The van der Waals surface area contributed by atoms with Gasteiger partial charge < -0.3 is 20.1 Å². The van der Waals surface area contributed by atoms with Crippen LogP contribution in [0.5, 0.6) is 0 Å². The fourth-order valence-corrected chi connectivity index (χ4v) is 8.28. The molecule has 0 amide bonds. The number of allylic oxidation sites excluding steroid dienone is 18. The van der Waals surface area contributed by atoms with Crippen LogP contribution in [0, 0.1) is 0 Å². The van der Waals surface area contributed by atoms with E-state index in [2.05, 4.69) is 123 Å². The second-order valence-corrected chi connectivity index (χ2v) is 19.9. The van der Waals surface area contributed by atoms with E-state index in [-0.39, 0.29) is 38.6 Å². The molecule has 2 unspecified atom stereocenters. The lowest BCUT2D eigenvalue weighted by atomic mass is 10.0. The van der Waals surface area contributed by atoms with Gasteiger partial charge in [0, 0.05) is 19.4 Å². The molecule has 3 N–H and O–H groups in total. The maximum atomic E-state index is 12.7. The number of carbonyl (C=O) groups is 2. The van der Waals surface area contributed by atoms with Crippen molar-refractivity contribution in [3.63, 3.8) is 0 Å². The van der Waals surface area contributed by atoms with E-state index in [4.69, 9.17) is 24.3 Å². The second-order valence-electron chi connectivity index (χ2n) is 18.4. The average molecular weight is 1010 g/mol. The Labute approximate surface area is 435 Å². The van der Waals surface area contributed by atoms with Gasteiger partial charge in [-0.05, 0) is 83.5 Å². The third-order valence-electron chi connectivity index (χ3n) is 11.7. The molecule has 0 rings (SSSR count). The summed E-state index contributed by atoms with van der Waals surface area (Å²) in [5.74, 6) is -0.833. The highest BCUT2D eigenvalue weighted by molar-refractivity contribution is 7.47. The van der Waals surface area contributed by atoms with Gasteiger partial charge in [0.1, 0.15) is 6.61 Å². The summed E-state index contributed by atoms with van der Waals surface area (Å²) in [6, 6.07) is 0. The van der Waals surface area contributed by atoms with Crippen molar-refractivity contribution < 1.29 is 37.6 Å². The number of nitrogens with two attached hydrogens (primary N) is 1. The van der Waals surface area contributed by atoms with Crippen molar-refractivity contribution in [3.8, 4) is 0 Å². The molecule has 0 spiro atoms. The van der Waals surface area contributed by atoms with Crippen LogP contribution < -0.4 is 5.73 Å². The van der Waals surface area contributed by atoms with Gasteiger partial charge in [-0.25, -0.2) is 4.57 Å². The standard InChI is InChI=1S/C61H104NO8P/c1-3-5-7-9-11-13-15-16-17-18-19-20-21-22-23-24-25-26-27-28-29-30-31-32-33-34-35-36-37-38-39-40-41-42-44-46-48-50-52-54-61(64)70-59(58-69-71(65,66)68-56-55-62)57-67-60(63)53-51-49-47-45-43-14-12-10-8-6-4-2/h5,7,11,13,16-17,19-20,22-23,25-26,28-29,31-32,34-35,59H,3-4,6,8-10,12,14-15,18,21,24,27,30,33,36-58,62H2,1-2H3,(H,65,66)/b7-5-,13-11-,17-16-,20-19-,23-22-,26-25-,29-28-,32-31-,35-34-. The minimum atomic E-state index is -4.38. The van der Waals surface area contributed by atoms with Crippen molar-refractivity contribution in [2.24, 2.45) is 5.73 Å². The molecular formula is C61H104NO8P. The van der Waals surface area contributed by atoms with Gasteiger partial charge in [0.25, 0.3) is 0 Å². The minimum Gasteiger partial charge on any atom is -0.462 e. The SMILES string of the molecule is CC/C=C\C/C=C\C/C=C\C/C=C\C/C=C\C/C=C\C/C=C\C/C=C\C/C=C\CCCCCCCCCCCCCC(=O)OC(COC(=O)CCCCCCCCCCCCC)COP(=O)(O)OCCN. The van der Waals surface area contributed by atoms with Crippen LogP contribution in [0.25, 0.3) is 0 Å². The number of phosphoric ester groups is 1. The van der Waals surface area contributed by atoms with E-state index in [0.717, 1.165) is 103 Å². The molecule has 0 aromatic carbocycles. The predicted octanol–water partition coefficient (Wildman–Crippen LogP) is 17.8. The molecule has 9 nitrogen and oxygen atoms in total. The summed E-state index contributed by atoms with van der Waals surface area (Å²) in [5.41, 5.74) is 5.36. The highest BCUT2D eigenvalue weighted by Crippen LogP contribution is 2.43. The van der Waals surface area contributed by atoms with Crippen LogP contribution in [0.3, 0.4) is 0 Å². The van der Waals surface area contributed by atoms with E-state index in [1.165, 1.54) is 96.3 Å². The van der Waals surface area contributed by atoms with E-state index in [9.17, 15) is 19.0 Å². The van der Waals surface area contributed by atoms with Crippen LogP contribution in [0.2, 0.25) is 0 Å². The van der Waals surface area contributed by atoms with Gasteiger partial charge in [-0.15, -0.1) is 0 Å². The summed E-state index contributed by atoms with van der Waals surface area (Å²) in [7, 11) is -4.38. The Kier molecular flexibility index (Phi) is 53.3. The Balaban J connectivity index is 3.91. The molecule has 0 bridgehead atoms. The lowest BCUT2D eigenvalue weighted by molar-refractivity contribution is -0.161. The quantitative estimate of drug-likeness (QED) is 0.0264. The lowest BCUT2D eigenvalue weighted by Crippen LogP contribution is -2.29. The molecule has 0 heterocycles. The van der Waals surface area contributed by atoms with E-state index in [0.29, 0.717) is 6.42 Å². The first kappa shape index (κ1) is 67.7. The first-order valence-electron chi connectivity index (χ1n) is 28.4. The minimum absolute atomic E-state index is 0.0500. The van der Waals surface area contributed by atoms with Crippen LogP contribution in [-0.2, 0) is 32.7 Å². The normalized spacial score (nSPS) is 13.9. The van der Waals surface area contributed by atoms with Crippen molar-refractivity contribution in [2.45, 2.75) is 238 Å². The predicted molar refractivity (Wildman–Crippen MR) is 302 cm³/mol. The number of ether oxygens (including phenoxy) is 2. The number of carbonyl (C=O) groups excluding carboxylic acids is 2. The molecule has 0 aliphatic carbocycles. The Morgan fingerprint density at radius 2 is 0.775 bits per heavy atom. The van der Waals surface area contributed by atoms with E-state index >= 15 is 0 Å². The van der Waals surface area contributed by atoms with Crippen molar-refractivity contribution in [1.29, 1.82) is 0 Å². The topological polar surface area (TPSA) is 134 Å². The van der Waals surface area contributed by atoms with Crippen molar-refractivity contribution in [3.05, 3.63) is 109 Å². The molecule has 0 aromatic rings. The third-order valence-corrected chi connectivity index (χ3v) is 12.7. The number of esters is 2. The molecule has 10 heteroatoms. The van der Waals surface area contributed by atoms with E-state index in [1.54, 1.807) is 0 Å². The zero-order valence-electron chi connectivity index (χ0n) is 45.2. The van der Waals surface area contributed by atoms with Gasteiger partial charge in [-0.3, -0.25) is 18.6 Å². The summed E-state index contributed by atoms with van der Waals surface area (Å²) in [6.07, 6.45) is 75.8. The monoisotopic (exact) mass is 1010 g/mol. The lowest BCUT2D eigenvalue weighted by Gasteiger charge is -2.19. The van der Waals surface area contributed by atoms with Crippen LogP contribution in [0.4, 0.5) is 0 Å². The zero-order chi connectivity index (χ0) is 51.7. The summed E-state index contributed by atoms with van der Waals surface area (Å²) in [5, 5.41) is 0. The van der Waals surface area contributed by atoms with Crippen molar-refractivity contribution in [1.82, 2.24) is 0 Å². The number of phosphoric acid groups is 1. The van der Waals surface area contributed by atoms with Crippen LogP contribution in [0.1, 0.15) is 232 Å². The molecule has 0 fully saturated rings. The molecule has 0 aliphatic rings. The summed E-state index contributed by atoms with van der Waals surface area (Å²) < 4.78 is 32.9. The fraction of sp³-hybridized carbons (Fsp3) is 0.672.